The summed E-state index contributed by atoms with van der Waals surface area (Å²) in [5, 5.41) is 0. The zero-order chi connectivity index (χ0) is 16.4. The number of H-pyrrole nitrogens is 1. The number of imidazole rings is 1. The van der Waals surface area contributed by atoms with Crippen molar-refractivity contribution in [2.45, 2.75) is 25.3 Å². The summed E-state index contributed by atoms with van der Waals surface area (Å²) in [4.78, 5) is 18.6. The highest BCUT2D eigenvalue weighted by Gasteiger charge is 2.21. The first-order valence-electron chi connectivity index (χ1n) is 8.32. The van der Waals surface area contributed by atoms with Crippen molar-refractivity contribution in [1.29, 1.82) is 0 Å². The van der Waals surface area contributed by atoms with Gasteiger partial charge in [-0.2, -0.15) is 0 Å². The van der Waals surface area contributed by atoms with E-state index < -0.39 is 0 Å². The van der Waals surface area contributed by atoms with Gasteiger partial charge < -0.3 is 9.72 Å². The molecule has 124 valence electrons. The highest BCUT2D eigenvalue weighted by molar-refractivity contribution is 5.75. The lowest BCUT2D eigenvalue weighted by atomic mass is 9.89. The minimum atomic E-state index is 0.562. The predicted molar refractivity (Wildman–Crippen MR) is 91.9 cm³/mol. The van der Waals surface area contributed by atoms with Gasteiger partial charge in [-0.25, -0.2) is 9.97 Å². The molecule has 6 heteroatoms. The molecule has 3 heterocycles. The fraction of sp³-hybridized carbons (Fsp3) is 0.389. The summed E-state index contributed by atoms with van der Waals surface area (Å²) in [5.74, 6) is 1.18. The van der Waals surface area contributed by atoms with Crippen molar-refractivity contribution in [3.8, 4) is 5.88 Å². The summed E-state index contributed by atoms with van der Waals surface area (Å²) in [5.41, 5.74) is 4.57. The number of hydrogen-bond acceptors (Lipinski definition) is 5. The zero-order valence-corrected chi connectivity index (χ0v) is 13.8. The van der Waals surface area contributed by atoms with Crippen LogP contribution in [0.2, 0.25) is 0 Å². The molecule has 1 aromatic carbocycles. The van der Waals surface area contributed by atoms with Crippen molar-refractivity contribution < 1.29 is 4.74 Å². The number of nitrogens with zero attached hydrogens (tertiary/aromatic N) is 4. The van der Waals surface area contributed by atoms with E-state index in [4.69, 9.17) is 4.74 Å². The SMILES string of the molecule is COc1cnc(CN2CCC(c3ccc4nc[nH]c4c3)CC2)cn1. The van der Waals surface area contributed by atoms with Gasteiger partial charge >= 0.3 is 0 Å². The van der Waals surface area contributed by atoms with Crippen LogP contribution in [0.1, 0.15) is 30.0 Å². The Morgan fingerprint density at radius 1 is 1.17 bits per heavy atom. The lowest BCUT2D eigenvalue weighted by molar-refractivity contribution is 0.202. The Kier molecular flexibility index (Phi) is 4.13. The van der Waals surface area contributed by atoms with E-state index in [1.54, 1.807) is 25.8 Å². The number of rotatable bonds is 4. The summed E-state index contributed by atoms with van der Waals surface area (Å²) >= 11 is 0. The van der Waals surface area contributed by atoms with Gasteiger partial charge in [0.05, 0.1) is 42.6 Å². The molecule has 0 spiro atoms. The Morgan fingerprint density at radius 3 is 2.79 bits per heavy atom. The molecule has 2 aromatic heterocycles. The summed E-state index contributed by atoms with van der Waals surface area (Å²) in [6, 6.07) is 6.58. The molecular weight excluding hydrogens is 302 g/mol. The van der Waals surface area contributed by atoms with Crippen LogP contribution in [0.5, 0.6) is 5.88 Å². The molecule has 1 fully saturated rings. The maximum Gasteiger partial charge on any atom is 0.231 e. The molecule has 3 aromatic rings. The van der Waals surface area contributed by atoms with E-state index in [0.717, 1.165) is 36.4 Å². The maximum atomic E-state index is 5.05. The molecule has 0 saturated carbocycles. The first-order chi connectivity index (χ1) is 11.8. The molecule has 6 nitrogen and oxygen atoms in total. The first kappa shape index (κ1) is 15.1. The van der Waals surface area contributed by atoms with Crippen LogP contribution >= 0.6 is 0 Å². The average Bonchev–Trinajstić information content (AvgIpc) is 3.11. The Labute approximate surface area is 140 Å². The molecule has 1 aliphatic rings. The Hall–Kier alpha value is -2.47. The molecule has 1 N–H and O–H groups in total. The van der Waals surface area contributed by atoms with Crippen LogP contribution in [0.25, 0.3) is 11.0 Å². The van der Waals surface area contributed by atoms with E-state index in [-0.39, 0.29) is 0 Å². The van der Waals surface area contributed by atoms with Crippen molar-refractivity contribution in [3.63, 3.8) is 0 Å². The minimum Gasteiger partial charge on any atom is -0.480 e. The molecule has 0 bridgehead atoms. The standard InChI is InChI=1S/C18H21N5O/c1-24-18-10-19-15(9-20-18)11-23-6-4-13(5-7-23)14-2-3-16-17(8-14)22-12-21-16/h2-3,8-10,12-13H,4-7,11H2,1H3,(H,21,22). The Balaban J connectivity index is 1.37. The fourth-order valence-corrected chi connectivity index (χ4v) is 3.39. The molecule has 1 aliphatic heterocycles. The number of benzene rings is 1. The third kappa shape index (κ3) is 3.10. The van der Waals surface area contributed by atoms with Crippen LogP contribution in [-0.4, -0.2) is 45.0 Å². The third-order valence-electron chi connectivity index (χ3n) is 4.78. The van der Waals surface area contributed by atoms with E-state index in [1.807, 2.05) is 0 Å². The van der Waals surface area contributed by atoms with E-state index in [9.17, 15) is 0 Å². The lowest BCUT2D eigenvalue weighted by Gasteiger charge is -2.31. The van der Waals surface area contributed by atoms with Gasteiger partial charge in [0, 0.05) is 6.54 Å². The van der Waals surface area contributed by atoms with Gasteiger partial charge in [0.1, 0.15) is 0 Å². The summed E-state index contributed by atoms with van der Waals surface area (Å²) < 4.78 is 5.05. The van der Waals surface area contributed by atoms with E-state index in [2.05, 4.69) is 43.0 Å². The van der Waals surface area contributed by atoms with Crippen LogP contribution in [0, 0.1) is 0 Å². The van der Waals surface area contributed by atoms with E-state index in [0.29, 0.717) is 11.8 Å². The molecule has 24 heavy (non-hydrogen) atoms. The molecule has 0 radical (unpaired) electrons. The zero-order valence-electron chi connectivity index (χ0n) is 13.8. The second-order valence-electron chi connectivity index (χ2n) is 6.28. The van der Waals surface area contributed by atoms with Gasteiger partial charge in [-0.05, 0) is 49.5 Å². The number of aromatic amines is 1. The van der Waals surface area contributed by atoms with Gasteiger partial charge in [-0.1, -0.05) is 6.07 Å². The topological polar surface area (TPSA) is 66.9 Å². The number of aromatic nitrogens is 4. The highest BCUT2D eigenvalue weighted by Crippen LogP contribution is 2.30. The van der Waals surface area contributed by atoms with Crippen molar-refractivity contribution in [2.75, 3.05) is 20.2 Å². The highest BCUT2D eigenvalue weighted by atomic mass is 16.5. The van der Waals surface area contributed by atoms with Crippen LogP contribution in [0.3, 0.4) is 0 Å². The molecular formula is C18H21N5O. The smallest absolute Gasteiger partial charge is 0.231 e. The molecule has 0 aliphatic carbocycles. The van der Waals surface area contributed by atoms with Gasteiger partial charge in [0.25, 0.3) is 0 Å². The number of methoxy groups -OCH3 is 1. The maximum absolute atomic E-state index is 5.05. The minimum absolute atomic E-state index is 0.562. The average molecular weight is 323 g/mol. The fourth-order valence-electron chi connectivity index (χ4n) is 3.39. The second-order valence-corrected chi connectivity index (χ2v) is 6.28. The first-order valence-corrected chi connectivity index (χ1v) is 8.32. The second kappa shape index (κ2) is 6.57. The van der Waals surface area contributed by atoms with Crippen LogP contribution in [0.15, 0.2) is 36.9 Å². The van der Waals surface area contributed by atoms with Crippen molar-refractivity contribution in [3.05, 3.63) is 48.2 Å². The Bertz CT molecular complexity index is 806. The quantitative estimate of drug-likeness (QED) is 0.799. The number of fused-ring (bicyclic) bond motifs is 1. The third-order valence-corrected chi connectivity index (χ3v) is 4.78. The van der Waals surface area contributed by atoms with Gasteiger partial charge in [-0.3, -0.25) is 9.88 Å². The number of likely N-dealkylation sites (tertiary alicyclic amines) is 1. The van der Waals surface area contributed by atoms with Gasteiger partial charge in [0.15, 0.2) is 0 Å². The van der Waals surface area contributed by atoms with E-state index in [1.165, 1.54) is 18.4 Å². The van der Waals surface area contributed by atoms with Crippen molar-refractivity contribution in [1.82, 2.24) is 24.8 Å². The van der Waals surface area contributed by atoms with Crippen molar-refractivity contribution >= 4 is 11.0 Å². The van der Waals surface area contributed by atoms with Crippen molar-refractivity contribution in [2.24, 2.45) is 0 Å². The van der Waals surface area contributed by atoms with Crippen LogP contribution in [0.4, 0.5) is 0 Å². The molecule has 0 atom stereocenters. The molecule has 4 rings (SSSR count). The predicted octanol–water partition coefficient (Wildman–Crippen LogP) is 2.74. The summed E-state index contributed by atoms with van der Waals surface area (Å²) in [6.45, 7) is 3.02. The molecule has 0 amide bonds. The number of piperidine rings is 1. The van der Waals surface area contributed by atoms with Crippen LogP contribution in [-0.2, 0) is 6.54 Å². The van der Waals surface area contributed by atoms with Gasteiger partial charge in [-0.15, -0.1) is 0 Å². The number of hydrogen-bond donors (Lipinski definition) is 1. The number of nitrogens with one attached hydrogen (secondary N) is 1. The van der Waals surface area contributed by atoms with Gasteiger partial charge in [0.2, 0.25) is 5.88 Å². The Morgan fingerprint density at radius 2 is 2.04 bits per heavy atom. The molecule has 1 saturated heterocycles. The summed E-state index contributed by atoms with van der Waals surface area (Å²) in [6.07, 6.45) is 7.58. The molecule has 0 unspecified atom stereocenters. The largest absolute Gasteiger partial charge is 0.480 e. The number of ether oxygens (including phenoxy) is 1. The van der Waals surface area contributed by atoms with Crippen LogP contribution < -0.4 is 4.74 Å². The van der Waals surface area contributed by atoms with E-state index >= 15 is 0 Å². The monoisotopic (exact) mass is 323 g/mol. The summed E-state index contributed by atoms with van der Waals surface area (Å²) in [7, 11) is 1.61. The normalized spacial score (nSPS) is 16.5. The lowest BCUT2D eigenvalue weighted by Crippen LogP contribution is -2.32.